The summed E-state index contributed by atoms with van der Waals surface area (Å²) < 4.78 is 0. The van der Waals surface area contributed by atoms with Crippen molar-refractivity contribution in [2.24, 2.45) is 5.16 Å². The van der Waals surface area contributed by atoms with E-state index in [1.807, 2.05) is 19.9 Å². The van der Waals surface area contributed by atoms with Crippen molar-refractivity contribution in [1.29, 1.82) is 0 Å². The van der Waals surface area contributed by atoms with Gasteiger partial charge in [-0.1, -0.05) is 51.6 Å². The second kappa shape index (κ2) is 11.0. The zero-order valence-electron chi connectivity index (χ0n) is 9.61. The molecule has 95 valence electrons. The second-order valence-corrected chi connectivity index (χ2v) is 2.51. The van der Waals surface area contributed by atoms with Gasteiger partial charge in [0.2, 0.25) is 0 Å². The second-order valence-electron chi connectivity index (χ2n) is 2.51. The predicted molar refractivity (Wildman–Crippen MR) is 66.7 cm³/mol. The maximum absolute atomic E-state index is 10.6. The Hall–Kier alpha value is -1.14. The Kier molecular flexibility index (Phi) is 11.7. The first kappa shape index (κ1) is 19.2. The third-order valence-corrected chi connectivity index (χ3v) is 1.67. The molecule has 1 aromatic heterocycles. The van der Waals surface area contributed by atoms with Gasteiger partial charge in [0, 0.05) is 38.3 Å². The van der Waals surface area contributed by atoms with Gasteiger partial charge in [0.1, 0.15) is 0 Å². The molecular formula is C11H15N5OY-2. The van der Waals surface area contributed by atoms with E-state index >= 15 is 0 Å². The van der Waals surface area contributed by atoms with Gasteiger partial charge >= 0.3 is 0 Å². The summed E-state index contributed by atoms with van der Waals surface area (Å²) in [5.74, 6) is 0.145. The van der Waals surface area contributed by atoms with E-state index in [-0.39, 0.29) is 51.7 Å². The van der Waals surface area contributed by atoms with Crippen LogP contribution in [0.25, 0.3) is 0 Å². The topological polar surface area (TPSA) is 88.2 Å². The molecule has 7 heteroatoms. The zero-order chi connectivity index (χ0) is 11.8. The third-order valence-electron chi connectivity index (χ3n) is 1.67. The summed E-state index contributed by atoms with van der Waals surface area (Å²) in [4.78, 5) is 0. The van der Waals surface area contributed by atoms with Crippen molar-refractivity contribution >= 4 is 5.71 Å². The Morgan fingerprint density at radius 3 is 2.28 bits per heavy atom. The zero-order valence-corrected chi connectivity index (χ0v) is 12.4. The van der Waals surface area contributed by atoms with Gasteiger partial charge in [0.05, 0.1) is 11.5 Å². The Morgan fingerprint density at radius 2 is 1.83 bits per heavy atom. The quantitative estimate of drug-likeness (QED) is 0.621. The van der Waals surface area contributed by atoms with Gasteiger partial charge in [-0.25, -0.2) is 0 Å². The number of benzene rings is 1. The van der Waals surface area contributed by atoms with Crippen LogP contribution in [0.4, 0.5) is 0 Å². The Morgan fingerprint density at radius 1 is 1.22 bits per heavy atom. The molecule has 0 aliphatic carbocycles. The molecule has 0 saturated heterocycles. The number of tetrazole rings is 1. The van der Waals surface area contributed by atoms with Gasteiger partial charge in [-0.15, -0.1) is 0 Å². The van der Waals surface area contributed by atoms with Crippen LogP contribution in [0, 0.1) is 5.21 Å². The molecule has 0 bridgehead atoms. The molecule has 0 amide bonds. The molecule has 0 N–H and O–H groups in total. The first-order valence-corrected chi connectivity index (χ1v) is 4.86. The molecule has 0 aliphatic heterocycles. The fourth-order valence-electron chi connectivity index (χ4n) is 1.06. The normalized spacial score (nSPS) is 9.33. The van der Waals surface area contributed by atoms with Crippen LogP contribution in [0.5, 0.6) is 0 Å². The summed E-state index contributed by atoms with van der Waals surface area (Å²) in [6, 6.07) is 8.92. The monoisotopic (exact) mass is 322 g/mol. The number of hydrogen-bond acceptors (Lipinski definition) is 5. The van der Waals surface area contributed by atoms with Crippen molar-refractivity contribution < 1.29 is 32.7 Å². The maximum atomic E-state index is 10.6. The van der Waals surface area contributed by atoms with E-state index in [1.54, 1.807) is 24.3 Å². The van der Waals surface area contributed by atoms with E-state index in [1.165, 1.54) is 0 Å². The van der Waals surface area contributed by atoms with Gasteiger partial charge in [-0.2, -0.15) is 5.21 Å². The van der Waals surface area contributed by atoms with Gasteiger partial charge in [-0.3, -0.25) is 10.3 Å². The smallest absolute Gasteiger partial charge is 0.0734 e. The molecule has 1 radical (unpaired) electrons. The third kappa shape index (κ3) is 5.02. The van der Waals surface area contributed by atoms with E-state index in [9.17, 15) is 5.21 Å². The Balaban J connectivity index is 0. The van der Waals surface area contributed by atoms with Crippen molar-refractivity contribution in [2.75, 3.05) is 0 Å². The van der Waals surface area contributed by atoms with E-state index in [0.29, 0.717) is 5.56 Å². The van der Waals surface area contributed by atoms with E-state index in [4.69, 9.17) is 0 Å². The summed E-state index contributed by atoms with van der Waals surface area (Å²) >= 11 is 0. The van der Waals surface area contributed by atoms with Crippen LogP contribution in [-0.2, 0) is 32.7 Å². The first-order chi connectivity index (χ1) is 7.92. The Labute approximate surface area is 132 Å². The van der Waals surface area contributed by atoms with Crippen molar-refractivity contribution in [3.8, 4) is 0 Å². The predicted octanol–water partition coefficient (Wildman–Crippen LogP) is 1.82. The van der Waals surface area contributed by atoms with Crippen LogP contribution >= 0.6 is 0 Å². The summed E-state index contributed by atoms with van der Waals surface area (Å²) in [6.45, 7) is 4.00. The molecule has 18 heavy (non-hydrogen) atoms. The van der Waals surface area contributed by atoms with Crippen molar-refractivity contribution in [3.05, 3.63) is 46.9 Å². The number of aromatic nitrogens is 4. The summed E-state index contributed by atoms with van der Waals surface area (Å²) in [5, 5.41) is 27.1. The van der Waals surface area contributed by atoms with Crippen molar-refractivity contribution in [3.63, 3.8) is 0 Å². The van der Waals surface area contributed by atoms with E-state index in [0.717, 1.165) is 0 Å². The molecule has 0 atom stereocenters. The largest absolute Gasteiger partial charge is 0.791 e. The molecule has 2 rings (SSSR count). The molecule has 2 aromatic rings. The molecule has 0 aliphatic rings. The number of nitrogens with zero attached hydrogens (tertiary/aromatic N) is 5. The average Bonchev–Trinajstić information content (AvgIpc) is 2.88. The van der Waals surface area contributed by atoms with Crippen LogP contribution in [0.2, 0.25) is 0 Å². The van der Waals surface area contributed by atoms with Crippen LogP contribution in [0.1, 0.15) is 32.7 Å². The molecule has 0 spiro atoms. The minimum atomic E-state index is 0. The van der Waals surface area contributed by atoms with E-state index < -0.39 is 0 Å². The van der Waals surface area contributed by atoms with Crippen LogP contribution in [-0.4, -0.2) is 21.2 Å². The molecule has 0 saturated carbocycles. The average molecular weight is 322 g/mol. The van der Waals surface area contributed by atoms with Crippen LogP contribution in [0.3, 0.4) is 0 Å². The molecule has 6 nitrogen and oxygen atoms in total. The summed E-state index contributed by atoms with van der Waals surface area (Å²) in [6.07, 6.45) is 0. The van der Waals surface area contributed by atoms with Crippen molar-refractivity contribution in [2.45, 2.75) is 21.3 Å². The molecule has 0 unspecified atom stereocenters. The fraction of sp³-hybridized carbons (Fsp3) is 0.273. The standard InChI is InChI=1S/C8H6N5O.C2H6.CH4.Y/c14-11-7(8-9-12-13-10-8)6-4-2-1-3-5-6;1-2;;/h1-5H,(H-,9,10,12,13,14);1-2H3;1H4;/q-1;;;/p-1. The first-order valence-electron chi connectivity index (χ1n) is 4.86. The fourth-order valence-corrected chi connectivity index (χ4v) is 1.06. The molecule has 1 aromatic carbocycles. The maximum Gasteiger partial charge on any atom is 0.0734 e. The van der Waals surface area contributed by atoms with E-state index in [2.05, 4.69) is 25.8 Å². The van der Waals surface area contributed by atoms with Crippen LogP contribution in [0.15, 0.2) is 35.5 Å². The summed E-state index contributed by atoms with van der Waals surface area (Å²) in [7, 11) is 0. The van der Waals surface area contributed by atoms with Gasteiger partial charge in [0.15, 0.2) is 0 Å². The Bertz CT molecular complexity index is 430. The minimum Gasteiger partial charge on any atom is -0.791 e. The van der Waals surface area contributed by atoms with Crippen molar-refractivity contribution in [1.82, 2.24) is 20.6 Å². The summed E-state index contributed by atoms with van der Waals surface area (Å²) in [5.41, 5.74) is 0.799. The number of rotatable bonds is 2. The molecule has 0 fully saturated rings. The van der Waals surface area contributed by atoms with Crippen LogP contribution < -0.4 is 5.10 Å². The van der Waals surface area contributed by atoms with Gasteiger partial charge in [0.25, 0.3) is 0 Å². The van der Waals surface area contributed by atoms with Gasteiger partial charge < -0.3 is 15.5 Å². The molecular weight excluding hydrogens is 307 g/mol. The van der Waals surface area contributed by atoms with Gasteiger partial charge in [-0.05, 0) is 0 Å². The number of hydrogen-bond donors (Lipinski definition) is 0. The minimum absolute atomic E-state index is 0. The SMILES string of the molecule is C.CC.[O-]N=C(c1ccccc1)c1nnn[n-]1.[Y]. The molecule has 1 heterocycles.